The van der Waals surface area contributed by atoms with Gasteiger partial charge in [0.25, 0.3) is 0 Å². The first-order chi connectivity index (χ1) is 8.81. The standard InChI is InChI=1S/C13H14F4O2/c1-3-11(18)12(19-4-2)9-6-5-8(14)7-10(9)13(15,16)17/h5-7,12H,3-4H2,1-2H3. The maximum atomic E-state index is 13.0. The fourth-order valence-corrected chi connectivity index (χ4v) is 1.71. The molecular weight excluding hydrogens is 264 g/mol. The summed E-state index contributed by atoms with van der Waals surface area (Å²) in [5.74, 6) is -1.48. The van der Waals surface area contributed by atoms with Gasteiger partial charge in [0.05, 0.1) is 5.56 Å². The lowest BCUT2D eigenvalue weighted by Crippen LogP contribution is -2.20. The van der Waals surface area contributed by atoms with Crippen LogP contribution in [0.3, 0.4) is 0 Å². The van der Waals surface area contributed by atoms with Gasteiger partial charge in [0, 0.05) is 18.6 Å². The smallest absolute Gasteiger partial charge is 0.366 e. The van der Waals surface area contributed by atoms with Crippen LogP contribution in [0.1, 0.15) is 37.5 Å². The number of hydrogen-bond acceptors (Lipinski definition) is 2. The van der Waals surface area contributed by atoms with Crippen LogP contribution in [0.4, 0.5) is 17.6 Å². The van der Waals surface area contributed by atoms with Gasteiger partial charge in [0.15, 0.2) is 5.78 Å². The number of hydrogen-bond donors (Lipinski definition) is 0. The first-order valence-corrected chi connectivity index (χ1v) is 5.82. The van der Waals surface area contributed by atoms with E-state index in [4.69, 9.17) is 4.74 Å². The molecule has 0 radical (unpaired) electrons. The molecule has 1 aromatic carbocycles. The number of carbonyl (C=O) groups excluding carboxylic acids is 1. The normalized spacial score (nSPS) is 13.4. The minimum atomic E-state index is -4.74. The van der Waals surface area contributed by atoms with Crippen molar-refractivity contribution in [2.24, 2.45) is 0 Å². The van der Waals surface area contributed by atoms with Crippen molar-refractivity contribution < 1.29 is 27.1 Å². The lowest BCUT2D eigenvalue weighted by molar-refractivity contribution is -0.141. The summed E-state index contributed by atoms with van der Waals surface area (Å²) in [5, 5.41) is 0. The van der Waals surface area contributed by atoms with Crippen molar-refractivity contribution >= 4 is 5.78 Å². The number of carbonyl (C=O) groups is 1. The van der Waals surface area contributed by atoms with Gasteiger partial charge in [-0.25, -0.2) is 4.39 Å². The van der Waals surface area contributed by atoms with E-state index in [1.165, 1.54) is 6.92 Å². The van der Waals surface area contributed by atoms with Crippen molar-refractivity contribution in [3.05, 3.63) is 35.1 Å². The van der Waals surface area contributed by atoms with Gasteiger partial charge in [0.2, 0.25) is 0 Å². The van der Waals surface area contributed by atoms with Crippen LogP contribution in [0.15, 0.2) is 18.2 Å². The minimum absolute atomic E-state index is 0.0410. The molecule has 0 saturated carbocycles. The van der Waals surface area contributed by atoms with Crippen molar-refractivity contribution in [3.8, 4) is 0 Å². The number of ether oxygens (including phenoxy) is 1. The Morgan fingerprint density at radius 3 is 2.42 bits per heavy atom. The van der Waals surface area contributed by atoms with Crippen LogP contribution < -0.4 is 0 Å². The molecule has 0 heterocycles. The van der Waals surface area contributed by atoms with Crippen LogP contribution in [0.2, 0.25) is 0 Å². The van der Waals surface area contributed by atoms with Crippen LogP contribution in [0.25, 0.3) is 0 Å². The average Bonchev–Trinajstić information content (AvgIpc) is 2.34. The van der Waals surface area contributed by atoms with Gasteiger partial charge < -0.3 is 4.74 Å². The number of halogens is 4. The molecule has 0 aliphatic rings. The summed E-state index contributed by atoms with van der Waals surface area (Å²) in [7, 11) is 0. The highest BCUT2D eigenvalue weighted by molar-refractivity contribution is 5.84. The second kappa shape index (κ2) is 6.14. The molecule has 0 fully saturated rings. The minimum Gasteiger partial charge on any atom is -0.366 e. The van der Waals surface area contributed by atoms with Crippen LogP contribution in [0.5, 0.6) is 0 Å². The molecule has 0 aromatic heterocycles. The molecule has 0 spiro atoms. The van der Waals surface area contributed by atoms with Gasteiger partial charge in [-0.05, 0) is 19.1 Å². The molecule has 1 aromatic rings. The first-order valence-electron chi connectivity index (χ1n) is 5.82. The third-order valence-corrected chi connectivity index (χ3v) is 2.58. The highest BCUT2D eigenvalue weighted by Crippen LogP contribution is 2.36. The van der Waals surface area contributed by atoms with Crippen LogP contribution in [0, 0.1) is 5.82 Å². The van der Waals surface area contributed by atoms with E-state index in [2.05, 4.69) is 0 Å². The Morgan fingerprint density at radius 2 is 1.95 bits per heavy atom. The lowest BCUT2D eigenvalue weighted by Gasteiger charge is -2.20. The highest BCUT2D eigenvalue weighted by atomic mass is 19.4. The van der Waals surface area contributed by atoms with Gasteiger partial charge in [-0.2, -0.15) is 13.2 Å². The molecule has 19 heavy (non-hydrogen) atoms. The SMILES string of the molecule is CCOC(C(=O)CC)c1ccc(F)cc1C(F)(F)F. The molecule has 0 aliphatic heterocycles. The summed E-state index contributed by atoms with van der Waals surface area (Å²) >= 11 is 0. The number of rotatable bonds is 5. The Labute approximate surface area is 108 Å². The summed E-state index contributed by atoms with van der Waals surface area (Å²) < 4.78 is 56.7. The average molecular weight is 278 g/mol. The van der Waals surface area contributed by atoms with Gasteiger partial charge in [-0.3, -0.25) is 4.79 Å². The Morgan fingerprint density at radius 1 is 1.32 bits per heavy atom. The third-order valence-electron chi connectivity index (χ3n) is 2.58. The molecule has 0 amide bonds. The Bertz CT molecular complexity index is 454. The first kappa shape index (κ1) is 15.6. The molecule has 0 saturated heterocycles. The zero-order valence-electron chi connectivity index (χ0n) is 10.6. The van der Waals surface area contributed by atoms with Crippen LogP contribution in [-0.2, 0) is 15.7 Å². The summed E-state index contributed by atoms with van der Waals surface area (Å²) in [4.78, 5) is 11.7. The molecule has 0 bridgehead atoms. The summed E-state index contributed by atoms with van der Waals surface area (Å²) in [6.07, 6.45) is -6.01. The van der Waals surface area contributed by atoms with Crippen LogP contribution in [-0.4, -0.2) is 12.4 Å². The number of ketones is 1. The number of Topliss-reactive ketones (excluding diaryl/α,β-unsaturated/α-hetero) is 1. The summed E-state index contributed by atoms with van der Waals surface area (Å²) in [6.45, 7) is 3.20. The molecule has 6 heteroatoms. The van der Waals surface area contributed by atoms with Crippen molar-refractivity contribution in [2.75, 3.05) is 6.61 Å². The van der Waals surface area contributed by atoms with E-state index in [1.807, 2.05) is 0 Å². The van der Waals surface area contributed by atoms with E-state index < -0.39 is 29.4 Å². The monoisotopic (exact) mass is 278 g/mol. The zero-order valence-corrected chi connectivity index (χ0v) is 10.6. The number of benzene rings is 1. The molecule has 0 aliphatic carbocycles. The van der Waals surface area contributed by atoms with Gasteiger partial charge in [0.1, 0.15) is 11.9 Å². The Hall–Kier alpha value is -1.43. The fourth-order valence-electron chi connectivity index (χ4n) is 1.71. The fraction of sp³-hybridized carbons (Fsp3) is 0.462. The maximum Gasteiger partial charge on any atom is 0.416 e. The highest BCUT2D eigenvalue weighted by Gasteiger charge is 2.37. The third kappa shape index (κ3) is 3.76. The van der Waals surface area contributed by atoms with Crippen molar-refractivity contribution in [1.82, 2.24) is 0 Å². The van der Waals surface area contributed by atoms with Gasteiger partial charge in [-0.15, -0.1) is 0 Å². The van der Waals surface area contributed by atoms with E-state index in [9.17, 15) is 22.4 Å². The van der Waals surface area contributed by atoms with E-state index in [1.54, 1.807) is 6.92 Å². The largest absolute Gasteiger partial charge is 0.416 e. The van der Waals surface area contributed by atoms with Crippen molar-refractivity contribution in [3.63, 3.8) is 0 Å². The van der Waals surface area contributed by atoms with E-state index in [0.29, 0.717) is 6.07 Å². The maximum absolute atomic E-state index is 13.0. The molecule has 1 rings (SSSR count). The molecule has 106 valence electrons. The van der Waals surface area contributed by atoms with Gasteiger partial charge in [-0.1, -0.05) is 13.0 Å². The summed E-state index contributed by atoms with van der Waals surface area (Å²) in [5.41, 5.74) is -1.52. The molecule has 1 unspecified atom stereocenters. The number of alkyl halides is 3. The topological polar surface area (TPSA) is 26.3 Å². The van der Waals surface area contributed by atoms with Crippen LogP contribution >= 0.6 is 0 Å². The second-order valence-corrected chi connectivity index (χ2v) is 3.88. The van der Waals surface area contributed by atoms with Crippen molar-refractivity contribution in [2.45, 2.75) is 32.5 Å². The van der Waals surface area contributed by atoms with E-state index in [0.717, 1.165) is 12.1 Å². The zero-order chi connectivity index (χ0) is 14.6. The lowest BCUT2D eigenvalue weighted by atomic mass is 9.97. The molecule has 1 atom stereocenters. The quantitative estimate of drug-likeness (QED) is 0.763. The van der Waals surface area contributed by atoms with E-state index >= 15 is 0 Å². The van der Waals surface area contributed by atoms with Crippen molar-refractivity contribution in [1.29, 1.82) is 0 Å². The second-order valence-electron chi connectivity index (χ2n) is 3.88. The predicted octanol–water partition coefficient (Wildman–Crippen LogP) is 3.90. The molecular formula is C13H14F4O2. The summed E-state index contributed by atoms with van der Waals surface area (Å²) in [6, 6.07) is 2.22. The predicted molar refractivity (Wildman–Crippen MR) is 61.1 cm³/mol. The van der Waals surface area contributed by atoms with E-state index in [-0.39, 0.29) is 18.6 Å². The van der Waals surface area contributed by atoms with Gasteiger partial charge >= 0.3 is 6.18 Å². The molecule has 2 nitrogen and oxygen atoms in total. The molecule has 0 N–H and O–H groups in total. The Kier molecular flexibility index (Phi) is 5.05. The Balaban J connectivity index is 3.33.